The molecule has 0 saturated heterocycles. The first-order valence-corrected chi connectivity index (χ1v) is 6.98. The predicted octanol–water partition coefficient (Wildman–Crippen LogP) is 0.551. The molecule has 3 N–H and O–H groups in total. The maximum atomic E-state index is 11.4. The second kappa shape index (κ2) is 8.52. The summed E-state index contributed by atoms with van der Waals surface area (Å²) in [6, 6.07) is 0.160. The molecule has 0 heterocycles. The number of carboxylic acid groups (broad SMARTS) is 1. The average Bonchev–Trinajstić information content (AvgIpc) is 3.18. The topological polar surface area (TPSA) is 98.7 Å². The number of aliphatic carboxylic acids is 1. The van der Waals surface area contributed by atoms with Gasteiger partial charge < -0.3 is 15.3 Å². The van der Waals surface area contributed by atoms with E-state index in [1.807, 2.05) is 7.05 Å². The van der Waals surface area contributed by atoms with E-state index in [0.717, 1.165) is 6.54 Å². The Morgan fingerprint density at radius 3 is 2.45 bits per heavy atom. The summed E-state index contributed by atoms with van der Waals surface area (Å²) in [5.41, 5.74) is 0. The lowest BCUT2D eigenvalue weighted by molar-refractivity contribution is -0.137. The van der Waals surface area contributed by atoms with Gasteiger partial charge in [-0.25, -0.2) is 4.79 Å². The zero-order chi connectivity index (χ0) is 15.0. The number of unbranched alkanes of at least 4 members (excludes halogenated alkanes) is 1. The minimum atomic E-state index is -0.872. The second-order valence-corrected chi connectivity index (χ2v) is 5.12. The van der Waals surface area contributed by atoms with Crippen molar-refractivity contribution < 1.29 is 19.5 Å². The lowest BCUT2D eigenvalue weighted by atomic mass is 10.2. The Labute approximate surface area is 118 Å². The summed E-state index contributed by atoms with van der Waals surface area (Å²) in [5.74, 6) is -1.24. The molecule has 0 aliphatic heterocycles. The number of hydrogen-bond acceptors (Lipinski definition) is 4. The maximum Gasteiger partial charge on any atom is 0.321 e. The van der Waals surface area contributed by atoms with Crippen LogP contribution < -0.4 is 10.6 Å². The van der Waals surface area contributed by atoms with Gasteiger partial charge in [-0.3, -0.25) is 14.9 Å². The molecule has 0 aromatic carbocycles. The zero-order valence-corrected chi connectivity index (χ0v) is 11.9. The summed E-state index contributed by atoms with van der Waals surface area (Å²) in [4.78, 5) is 35.3. The number of nitrogens with zero attached hydrogens (tertiary/aromatic N) is 1. The molecule has 1 rings (SSSR count). The van der Waals surface area contributed by atoms with Crippen LogP contribution in [-0.2, 0) is 9.59 Å². The first-order valence-electron chi connectivity index (χ1n) is 6.98. The van der Waals surface area contributed by atoms with E-state index in [2.05, 4.69) is 15.5 Å². The molecule has 1 fully saturated rings. The molecule has 1 aliphatic rings. The molecule has 1 saturated carbocycles. The van der Waals surface area contributed by atoms with Gasteiger partial charge in [-0.1, -0.05) is 0 Å². The van der Waals surface area contributed by atoms with Crippen LogP contribution >= 0.6 is 0 Å². The molecule has 0 aromatic heterocycles. The molecule has 0 aromatic rings. The van der Waals surface area contributed by atoms with Crippen LogP contribution in [0.3, 0.4) is 0 Å². The Hall–Kier alpha value is -1.63. The Bertz CT molecular complexity index is 356. The van der Waals surface area contributed by atoms with E-state index in [1.165, 1.54) is 12.8 Å². The summed E-state index contributed by atoms with van der Waals surface area (Å²) in [6.45, 7) is 1.27. The number of carbonyl (C=O) groups excluding carboxylic acids is 2. The van der Waals surface area contributed by atoms with E-state index in [0.29, 0.717) is 25.4 Å². The van der Waals surface area contributed by atoms with Crippen LogP contribution in [0, 0.1) is 0 Å². The van der Waals surface area contributed by atoms with Crippen molar-refractivity contribution in [1.29, 1.82) is 0 Å². The minimum absolute atomic E-state index is 0.0486. The van der Waals surface area contributed by atoms with Gasteiger partial charge in [0.15, 0.2) is 0 Å². The molecule has 1 aliphatic carbocycles. The van der Waals surface area contributed by atoms with Crippen LogP contribution in [0.4, 0.5) is 4.79 Å². The van der Waals surface area contributed by atoms with Crippen molar-refractivity contribution in [2.75, 3.05) is 20.1 Å². The van der Waals surface area contributed by atoms with Gasteiger partial charge in [0, 0.05) is 32.0 Å². The summed E-state index contributed by atoms with van der Waals surface area (Å²) < 4.78 is 0. The van der Waals surface area contributed by atoms with E-state index in [4.69, 9.17) is 5.11 Å². The molecule has 3 amide bonds. The van der Waals surface area contributed by atoms with Crippen molar-refractivity contribution in [3.8, 4) is 0 Å². The fourth-order valence-electron chi connectivity index (χ4n) is 1.84. The van der Waals surface area contributed by atoms with Gasteiger partial charge in [0.2, 0.25) is 5.91 Å². The van der Waals surface area contributed by atoms with Gasteiger partial charge in [-0.2, -0.15) is 0 Å². The number of imide groups is 1. The zero-order valence-electron chi connectivity index (χ0n) is 11.9. The third kappa shape index (κ3) is 7.73. The van der Waals surface area contributed by atoms with Crippen molar-refractivity contribution in [3.63, 3.8) is 0 Å². The standard InChI is InChI=1S/C13H23N3O4/c1-16(10-6-7-10)9-8-14-13(20)15-11(17)4-2-3-5-12(18)19/h10H,2-9H2,1H3,(H,18,19)(H2,14,15,17,20). The van der Waals surface area contributed by atoms with Crippen molar-refractivity contribution >= 4 is 17.9 Å². The Kier molecular flexibility index (Phi) is 7.00. The number of amides is 3. The molecule has 20 heavy (non-hydrogen) atoms. The van der Waals surface area contributed by atoms with Crippen molar-refractivity contribution in [1.82, 2.24) is 15.5 Å². The quantitative estimate of drug-likeness (QED) is 0.537. The maximum absolute atomic E-state index is 11.4. The number of carboxylic acids is 1. The highest BCUT2D eigenvalue weighted by molar-refractivity contribution is 5.94. The largest absolute Gasteiger partial charge is 0.481 e. The van der Waals surface area contributed by atoms with E-state index in [9.17, 15) is 14.4 Å². The number of likely N-dealkylation sites (N-methyl/N-ethyl adjacent to an activating group) is 1. The molecule has 0 atom stereocenters. The molecule has 7 heteroatoms. The van der Waals surface area contributed by atoms with Gasteiger partial charge in [-0.05, 0) is 32.7 Å². The van der Waals surface area contributed by atoms with Crippen molar-refractivity contribution in [2.24, 2.45) is 0 Å². The molecule has 114 valence electrons. The molecule has 0 unspecified atom stereocenters. The number of urea groups is 1. The summed E-state index contributed by atoms with van der Waals surface area (Å²) in [6.07, 6.45) is 3.57. The minimum Gasteiger partial charge on any atom is -0.481 e. The van der Waals surface area contributed by atoms with Crippen molar-refractivity contribution in [2.45, 2.75) is 44.6 Å². The predicted molar refractivity (Wildman–Crippen MR) is 73.3 cm³/mol. The molecule has 0 radical (unpaired) electrons. The normalized spacial score (nSPS) is 14.1. The smallest absolute Gasteiger partial charge is 0.321 e. The van der Waals surface area contributed by atoms with E-state index >= 15 is 0 Å². The van der Waals surface area contributed by atoms with Crippen LogP contribution in [0.1, 0.15) is 38.5 Å². The Morgan fingerprint density at radius 2 is 1.85 bits per heavy atom. The van der Waals surface area contributed by atoms with E-state index in [1.54, 1.807) is 0 Å². The molecular weight excluding hydrogens is 262 g/mol. The fraction of sp³-hybridized carbons (Fsp3) is 0.769. The van der Waals surface area contributed by atoms with Gasteiger partial charge in [0.05, 0.1) is 0 Å². The second-order valence-electron chi connectivity index (χ2n) is 5.12. The van der Waals surface area contributed by atoms with Gasteiger partial charge in [-0.15, -0.1) is 0 Å². The third-order valence-corrected chi connectivity index (χ3v) is 3.22. The highest BCUT2D eigenvalue weighted by Crippen LogP contribution is 2.24. The summed E-state index contributed by atoms with van der Waals surface area (Å²) in [5, 5.41) is 13.3. The fourth-order valence-corrected chi connectivity index (χ4v) is 1.84. The van der Waals surface area contributed by atoms with Crippen LogP contribution in [0.2, 0.25) is 0 Å². The Balaban J connectivity index is 1.99. The van der Waals surface area contributed by atoms with Gasteiger partial charge >= 0.3 is 12.0 Å². The Morgan fingerprint density at radius 1 is 1.20 bits per heavy atom. The average molecular weight is 285 g/mol. The van der Waals surface area contributed by atoms with E-state index in [-0.39, 0.29) is 18.7 Å². The third-order valence-electron chi connectivity index (χ3n) is 3.22. The van der Waals surface area contributed by atoms with E-state index < -0.39 is 12.0 Å². The SMILES string of the molecule is CN(CCNC(=O)NC(=O)CCCCC(=O)O)C1CC1. The number of hydrogen-bond donors (Lipinski definition) is 3. The van der Waals surface area contributed by atoms with Crippen LogP contribution in [0.5, 0.6) is 0 Å². The van der Waals surface area contributed by atoms with Crippen LogP contribution in [-0.4, -0.2) is 54.1 Å². The monoisotopic (exact) mass is 285 g/mol. The molecule has 0 spiro atoms. The lowest BCUT2D eigenvalue weighted by Gasteiger charge is -2.15. The molecule has 7 nitrogen and oxygen atoms in total. The number of nitrogens with one attached hydrogen (secondary N) is 2. The summed E-state index contributed by atoms with van der Waals surface area (Å²) >= 11 is 0. The van der Waals surface area contributed by atoms with Crippen LogP contribution in [0.25, 0.3) is 0 Å². The molecule has 0 bridgehead atoms. The number of rotatable bonds is 9. The first-order chi connectivity index (χ1) is 9.49. The van der Waals surface area contributed by atoms with Crippen molar-refractivity contribution in [3.05, 3.63) is 0 Å². The van der Waals surface area contributed by atoms with Gasteiger partial charge in [0.25, 0.3) is 0 Å². The molecular formula is C13H23N3O4. The first kappa shape index (κ1) is 16.4. The lowest BCUT2D eigenvalue weighted by Crippen LogP contribution is -2.42. The number of carbonyl (C=O) groups is 3. The highest BCUT2D eigenvalue weighted by atomic mass is 16.4. The van der Waals surface area contributed by atoms with Gasteiger partial charge in [0.1, 0.15) is 0 Å². The summed E-state index contributed by atoms with van der Waals surface area (Å²) in [7, 11) is 2.02. The van der Waals surface area contributed by atoms with Crippen LogP contribution in [0.15, 0.2) is 0 Å². The highest BCUT2D eigenvalue weighted by Gasteiger charge is 2.25.